The van der Waals surface area contributed by atoms with Crippen LogP contribution in [0.3, 0.4) is 0 Å². The van der Waals surface area contributed by atoms with Crippen LogP contribution in [0.25, 0.3) is 0 Å². The van der Waals surface area contributed by atoms with Gasteiger partial charge in [-0.05, 0) is 55.0 Å². The maximum Gasteiger partial charge on any atom is 0.433 e. The molecule has 0 spiro atoms. The van der Waals surface area contributed by atoms with Crippen LogP contribution < -0.4 is 4.90 Å². The summed E-state index contributed by atoms with van der Waals surface area (Å²) in [6, 6.07) is 2.66. The largest absolute Gasteiger partial charge is 0.433 e. The molecular weight excluding hydrogens is 393 g/mol. The van der Waals surface area contributed by atoms with Gasteiger partial charge in [0.1, 0.15) is 5.69 Å². The van der Waals surface area contributed by atoms with Crippen molar-refractivity contribution in [3.05, 3.63) is 52.1 Å². The van der Waals surface area contributed by atoms with Gasteiger partial charge in [0.2, 0.25) is 5.91 Å². The Bertz CT molecular complexity index is 1010. The van der Waals surface area contributed by atoms with Crippen LogP contribution in [0.1, 0.15) is 46.6 Å². The third kappa shape index (κ3) is 3.32. The topological polar surface area (TPSA) is 49.3 Å². The van der Waals surface area contributed by atoms with Gasteiger partial charge in [0, 0.05) is 49.6 Å². The Morgan fingerprint density at radius 1 is 1.17 bits per heavy atom. The number of pyridine rings is 2. The molecule has 0 saturated carbocycles. The second-order valence-electron chi connectivity index (χ2n) is 8.56. The second kappa shape index (κ2) is 6.96. The molecular formula is C22H23F3N4O. The Morgan fingerprint density at radius 2 is 1.93 bits per heavy atom. The van der Waals surface area contributed by atoms with Crippen molar-refractivity contribution in [1.82, 2.24) is 14.9 Å². The minimum absolute atomic E-state index is 0.104. The van der Waals surface area contributed by atoms with E-state index in [1.54, 1.807) is 6.07 Å². The number of aromatic nitrogens is 2. The van der Waals surface area contributed by atoms with Crippen molar-refractivity contribution in [2.75, 3.05) is 18.0 Å². The number of aryl methyl sites for hydroxylation is 1. The lowest BCUT2D eigenvalue weighted by molar-refractivity contribution is -0.141. The molecule has 0 bridgehead atoms. The van der Waals surface area contributed by atoms with Gasteiger partial charge in [0.15, 0.2) is 0 Å². The molecule has 0 atom stereocenters. The van der Waals surface area contributed by atoms with E-state index in [9.17, 15) is 18.0 Å². The number of amides is 1. The van der Waals surface area contributed by atoms with Crippen LogP contribution in [0.4, 0.5) is 18.9 Å². The summed E-state index contributed by atoms with van der Waals surface area (Å²) in [7, 11) is 0. The Balaban J connectivity index is 1.19. The summed E-state index contributed by atoms with van der Waals surface area (Å²) in [4.78, 5) is 24.8. The van der Waals surface area contributed by atoms with Gasteiger partial charge in [-0.25, -0.2) is 0 Å². The number of nitrogens with zero attached hydrogens (tertiary/aromatic N) is 4. The highest BCUT2D eigenvalue weighted by molar-refractivity contribution is 5.78. The zero-order valence-electron chi connectivity index (χ0n) is 16.8. The molecule has 2 aromatic rings. The minimum atomic E-state index is -4.45. The number of carbonyl (C=O) groups is 1. The number of carbonyl (C=O) groups excluding carboxylic acids is 1. The smallest absolute Gasteiger partial charge is 0.371 e. The number of halogens is 3. The maximum atomic E-state index is 12.9. The zero-order chi connectivity index (χ0) is 21.0. The van der Waals surface area contributed by atoms with E-state index in [1.807, 2.05) is 9.80 Å². The number of rotatable bonds is 3. The van der Waals surface area contributed by atoms with Gasteiger partial charge in [-0.15, -0.1) is 0 Å². The summed E-state index contributed by atoms with van der Waals surface area (Å²) in [6.45, 7) is 4.43. The molecule has 1 fully saturated rings. The molecule has 1 aliphatic carbocycles. The summed E-state index contributed by atoms with van der Waals surface area (Å²) in [6.07, 6.45) is 0.470. The monoisotopic (exact) mass is 416 g/mol. The summed E-state index contributed by atoms with van der Waals surface area (Å²) in [5.74, 6) is 0.261. The first kappa shape index (κ1) is 19.3. The fourth-order valence-corrected chi connectivity index (χ4v) is 4.97. The van der Waals surface area contributed by atoms with E-state index in [-0.39, 0.29) is 11.8 Å². The highest BCUT2D eigenvalue weighted by Crippen LogP contribution is 2.36. The van der Waals surface area contributed by atoms with E-state index in [0.29, 0.717) is 38.3 Å². The van der Waals surface area contributed by atoms with Gasteiger partial charge in [-0.2, -0.15) is 13.2 Å². The number of alkyl halides is 3. The fraction of sp³-hybridized carbons (Fsp3) is 0.500. The Labute approximate surface area is 172 Å². The summed E-state index contributed by atoms with van der Waals surface area (Å²) in [5.41, 5.74) is 5.77. The Hall–Kier alpha value is -2.64. The first-order valence-electron chi connectivity index (χ1n) is 10.4. The molecule has 2 aliphatic heterocycles. The van der Waals surface area contributed by atoms with Gasteiger partial charge in [-0.1, -0.05) is 0 Å². The molecule has 0 aromatic carbocycles. The van der Waals surface area contributed by atoms with Gasteiger partial charge >= 0.3 is 6.18 Å². The van der Waals surface area contributed by atoms with Crippen LogP contribution in [-0.4, -0.2) is 33.9 Å². The van der Waals surface area contributed by atoms with Crippen LogP contribution in [0, 0.1) is 12.8 Å². The van der Waals surface area contributed by atoms with Crippen molar-refractivity contribution in [1.29, 1.82) is 0 Å². The Morgan fingerprint density at radius 3 is 2.70 bits per heavy atom. The third-order valence-corrected chi connectivity index (χ3v) is 6.53. The van der Waals surface area contributed by atoms with Crippen LogP contribution in [-0.2, 0) is 36.9 Å². The molecule has 158 valence electrons. The van der Waals surface area contributed by atoms with Gasteiger partial charge in [0.05, 0.1) is 12.2 Å². The predicted octanol–water partition coefficient (Wildman–Crippen LogP) is 3.66. The molecule has 3 aliphatic rings. The molecule has 8 heteroatoms. The molecule has 4 heterocycles. The quantitative estimate of drug-likeness (QED) is 0.766. The van der Waals surface area contributed by atoms with Crippen molar-refractivity contribution in [3.63, 3.8) is 0 Å². The van der Waals surface area contributed by atoms with Crippen molar-refractivity contribution in [3.8, 4) is 0 Å². The average molecular weight is 416 g/mol. The van der Waals surface area contributed by atoms with Gasteiger partial charge in [-0.3, -0.25) is 14.8 Å². The van der Waals surface area contributed by atoms with E-state index in [0.717, 1.165) is 36.7 Å². The first-order chi connectivity index (χ1) is 14.3. The standard InChI is InChI=1S/C22H23F3N4O/c1-13-16-3-2-4-17(16)18-11-29(12-19(18)27-13)21(30)7-14-9-28(10-14)15-5-6-26-20(8-15)22(23,24)25/h5-6,8,14H,2-4,7,9-12H2,1H3. The fourth-order valence-electron chi connectivity index (χ4n) is 4.97. The number of anilines is 1. The zero-order valence-corrected chi connectivity index (χ0v) is 16.8. The van der Waals surface area contributed by atoms with Crippen molar-refractivity contribution in [2.24, 2.45) is 5.92 Å². The highest BCUT2D eigenvalue weighted by atomic mass is 19.4. The van der Waals surface area contributed by atoms with E-state index in [1.165, 1.54) is 22.9 Å². The lowest BCUT2D eigenvalue weighted by Gasteiger charge is -2.41. The summed E-state index contributed by atoms with van der Waals surface area (Å²) in [5, 5.41) is 0. The maximum absolute atomic E-state index is 12.9. The predicted molar refractivity (Wildman–Crippen MR) is 105 cm³/mol. The van der Waals surface area contributed by atoms with Crippen molar-refractivity contribution in [2.45, 2.75) is 51.9 Å². The number of fused-ring (bicyclic) bond motifs is 3. The van der Waals surface area contributed by atoms with Crippen LogP contribution in [0.15, 0.2) is 18.3 Å². The average Bonchev–Trinajstić information content (AvgIpc) is 3.30. The van der Waals surface area contributed by atoms with Crippen molar-refractivity contribution < 1.29 is 18.0 Å². The molecule has 2 aromatic heterocycles. The van der Waals surface area contributed by atoms with Crippen LogP contribution in [0.2, 0.25) is 0 Å². The molecule has 1 saturated heterocycles. The number of hydrogen-bond acceptors (Lipinski definition) is 4. The summed E-state index contributed by atoms with van der Waals surface area (Å²) >= 11 is 0. The SMILES string of the molecule is Cc1nc2c(c3c1CCC3)CN(C(=O)CC1CN(c3ccnc(C(F)(F)F)c3)C1)C2. The molecule has 5 rings (SSSR count). The van der Waals surface area contributed by atoms with Gasteiger partial charge < -0.3 is 9.80 Å². The lowest BCUT2D eigenvalue weighted by atomic mass is 9.95. The Kier molecular flexibility index (Phi) is 4.48. The molecule has 0 N–H and O–H groups in total. The van der Waals surface area contributed by atoms with Crippen LogP contribution in [0.5, 0.6) is 0 Å². The molecule has 0 radical (unpaired) electrons. The molecule has 5 nitrogen and oxygen atoms in total. The van der Waals surface area contributed by atoms with E-state index in [2.05, 4.69) is 11.9 Å². The van der Waals surface area contributed by atoms with E-state index < -0.39 is 11.9 Å². The molecule has 30 heavy (non-hydrogen) atoms. The number of hydrogen-bond donors (Lipinski definition) is 0. The van der Waals surface area contributed by atoms with Gasteiger partial charge in [0.25, 0.3) is 0 Å². The van der Waals surface area contributed by atoms with E-state index in [4.69, 9.17) is 4.98 Å². The normalized spacial score (nSPS) is 18.4. The first-order valence-corrected chi connectivity index (χ1v) is 10.4. The highest BCUT2D eigenvalue weighted by Gasteiger charge is 2.36. The molecule has 0 unspecified atom stereocenters. The summed E-state index contributed by atoms with van der Waals surface area (Å²) < 4.78 is 38.6. The molecule has 1 amide bonds. The lowest BCUT2D eigenvalue weighted by Crippen LogP contribution is -2.48. The van der Waals surface area contributed by atoms with Crippen LogP contribution >= 0.6 is 0 Å². The third-order valence-electron chi connectivity index (χ3n) is 6.53. The second-order valence-corrected chi connectivity index (χ2v) is 8.56. The minimum Gasteiger partial charge on any atom is -0.371 e. The van der Waals surface area contributed by atoms with E-state index >= 15 is 0 Å². The van der Waals surface area contributed by atoms with Crippen molar-refractivity contribution >= 4 is 11.6 Å².